The fourth-order valence-corrected chi connectivity index (χ4v) is 3.30. The number of benzene rings is 1. The van der Waals surface area contributed by atoms with Crippen molar-refractivity contribution in [2.45, 2.75) is 23.8 Å². The maximum atomic E-state index is 12.3. The van der Waals surface area contributed by atoms with Gasteiger partial charge in [-0.2, -0.15) is 0 Å². The highest BCUT2D eigenvalue weighted by atomic mass is 35.5. The Kier molecular flexibility index (Phi) is 7.93. The van der Waals surface area contributed by atoms with Gasteiger partial charge in [-0.15, -0.1) is 24.2 Å². The van der Waals surface area contributed by atoms with Crippen LogP contribution in [-0.2, 0) is 4.79 Å². The number of carbonyl (C=O) groups is 1. The van der Waals surface area contributed by atoms with Crippen LogP contribution >= 0.6 is 24.2 Å². The van der Waals surface area contributed by atoms with Crippen LogP contribution in [0.2, 0.25) is 0 Å². The number of likely N-dealkylation sites (tertiary alicyclic amines) is 1. The van der Waals surface area contributed by atoms with E-state index in [1.807, 2.05) is 36.2 Å². The van der Waals surface area contributed by atoms with Gasteiger partial charge in [0.15, 0.2) is 0 Å². The number of likely N-dealkylation sites (N-methyl/N-ethyl adjacent to an activating group) is 1. The summed E-state index contributed by atoms with van der Waals surface area (Å²) in [5, 5.41) is 3.17. The molecular weight excluding hydrogens is 308 g/mol. The van der Waals surface area contributed by atoms with E-state index in [2.05, 4.69) is 5.32 Å². The number of hydrogen-bond donors (Lipinski definition) is 1. The molecule has 6 heteroatoms. The molecule has 0 aromatic heterocycles. The van der Waals surface area contributed by atoms with Gasteiger partial charge in [0.25, 0.3) is 0 Å². The van der Waals surface area contributed by atoms with Crippen LogP contribution in [0.25, 0.3) is 0 Å². The first-order valence-corrected chi connectivity index (χ1v) is 7.94. The maximum absolute atomic E-state index is 12.3. The van der Waals surface area contributed by atoms with Crippen LogP contribution in [0, 0.1) is 0 Å². The monoisotopic (exact) mass is 330 g/mol. The summed E-state index contributed by atoms with van der Waals surface area (Å²) in [4.78, 5) is 15.4. The van der Waals surface area contributed by atoms with Gasteiger partial charge in [0, 0.05) is 24.0 Å². The molecule has 1 aliphatic heterocycles. The SMILES string of the molecule is CNCC1CCCN1C(=O)CSc1ccc(OC)cc1.Cl. The molecular formula is C15H23ClN2O2S. The van der Waals surface area contributed by atoms with Crippen molar-refractivity contribution in [3.05, 3.63) is 24.3 Å². The Morgan fingerprint density at radius 1 is 1.43 bits per heavy atom. The van der Waals surface area contributed by atoms with Crippen LogP contribution in [0.1, 0.15) is 12.8 Å². The van der Waals surface area contributed by atoms with Crippen molar-refractivity contribution < 1.29 is 9.53 Å². The van der Waals surface area contributed by atoms with E-state index in [0.29, 0.717) is 11.8 Å². The second-order valence-electron chi connectivity index (χ2n) is 4.91. The van der Waals surface area contributed by atoms with Gasteiger partial charge in [-0.3, -0.25) is 4.79 Å². The average Bonchev–Trinajstić information content (AvgIpc) is 2.94. The van der Waals surface area contributed by atoms with Crippen molar-refractivity contribution in [3.8, 4) is 5.75 Å². The van der Waals surface area contributed by atoms with E-state index in [1.54, 1.807) is 18.9 Å². The van der Waals surface area contributed by atoms with E-state index in [0.717, 1.165) is 36.6 Å². The second-order valence-corrected chi connectivity index (χ2v) is 5.95. The zero-order valence-electron chi connectivity index (χ0n) is 12.5. The summed E-state index contributed by atoms with van der Waals surface area (Å²) in [6, 6.07) is 8.19. The molecule has 1 heterocycles. The molecule has 0 bridgehead atoms. The number of hydrogen-bond acceptors (Lipinski definition) is 4. The van der Waals surface area contributed by atoms with Crippen LogP contribution in [0.15, 0.2) is 29.2 Å². The molecule has 1 aromatic rings. The molecule has 0 spiro atoms. The summed E-state index contributed by atoms with van der Waals surface area (Å²) in [5.74, 6) is 1.59. The molecule has 1 N–H and O–H groups in total. The van der Waals surface area contributed by atoms with Gasteiger partial charge in [-0.1, -0.05) is 0 Å². The first-order chi connectivity index (χ1) is 9.74. The van der Waals surface area contributed by atoms with Crippen LogP contribution in [-0.4, -0.2) is 49.8 Å². The largest absolute Gasteiger partial charge is 0.497 e. The number of thioether (sulfide) groups is 1. The average molecular weight is 331 g/mol. The third-order valence-corrected chi connectivity index (χ3v) is 4.56. The lowest BCUT2D eigenvalue weighted by molar-refractivity contribution is -0.129. The maximum Gasteiger partial charge on any atom is 0.233 e. The minimum Gasteiger partial charge on any atom is -0.497 e. The zero-order chi connectivity index (χ0) is 14.4. The van der Waals surface area contributed by atoms with Gasteiger partial charge in [-0.05, 0) is 44.2 Å². The van der Waals surface area contributed by atoms with E-state index in [1.165, 1.54) is 0 Å². The summed E-state index contributed by atoms with van der Waals surface area (Å²) in [6.07, 6.45) is 2.23. The van der Waals surface area contributed by atoms with Crippen molar-refractivity contribution in [1.29, 1.82) is 0 Å². The Hall–Kier alpha value is -0.910. The quantitative estimate of drug-likeness (QED) is 0.813. The molecule has 2 rings (SSSR count). The van der Waals surface area contributed by atoms with Gasteiger partial charge >= 0.3 is 0 Å². The van der Waals surface area contributed by atoms with Gasteiger partial charge < -0.3 is 15.0 Å². The lowest BCUT2D eigenvalue weighted by Crippen LogP contribution is -2.41. The van der Waals surface area contributed by atoms with Gasteiger partial charge in [-0.25, -0.2) is 0 Å². The number of ether oxygens (including phenoxy) is 1. The summed E-state index contributed by atoms with van der Waals surface area (Å²) in [5.41, 5.74) is 0. The Labute approximate surface area is 137 Å². The highest BCUT2D eigenvalue weighted by Crippen LogP contribution is 2.23. The minimum absolute atomic E-state index is 0. The summed E-state index contributed by atoms with van der Waals surface area (Å²) in [7, 11) is 3.59. The topological polar surface area (TPSA) is 41.6 Å². The van der Waals surface area contributed by atoms with E-state index in [9.17, 15) is 4.79 Å². The molecule has 21 heavy (non-hydrogen) atoms. The first-order valence-electron chi connectivity index (χ1n) is 6.95. The van der Waals surface area contributed by atoms with E-state index in [4.69, 9.17) is 4.74 Å². The fourth-order valence-electron chi connectivity index (χ4n) is 2.51. The molecule has 1 atom stereocenters. The Bertz CT molecular complexity index is 442. The number of nitrogens with one attached hydrogen (secondary N) is 1. The number of carbonyl (C=O) groups excluding carboxylic acids is 1. The highest BCUT2D eigenvalue weighted by Gasteiger charge is 2.27. The first kappa shape index (κ1) is 18.1. The summed E-state index contributed by atoms with van der Waals surface area (Å²) >= 11 is 1.59. The highest BCUT2D eigenvalue weighted by molar-refractivity contribution is 8.00. The molecule has 0 radical (unpaired) electrons. The molecule has 0 aliphatic carbocycles. The smallest absolute Gasteiger partial charge is 0.233 e. The lowest BCUT2D eigenvalue weighted by Gasteiger charge is -2.24. The molecule has 1 amide bonds. The summed E-state index contributed by atoms with van der Waals surface area (Å²) in [6.45, 7) is 1.79. The van der Waals surface area contributed by atoms with Crippen molar-refractivity contribution in [2.24, 2.45) is 0 Å². The molecule has 1 aromatic carbocycles. The van der Waals surface area contributed by atoms with Gasteiger partial charge in [0.1, 0.15) is 5.75 Å². The Morgan fingerprint density at radius 3 is 2.76 bits per heavy atom. The third kappa shape index (κ3) is 5.09. The van der Waals surface area contributed by atoms with Crippen molar-refractivity contribution in [2.75, 3.05) is 33.0 Å². The van der Waals surface area contributed by atoms with Crippen LogP contribution in [0.5, 0.6) is 5.75 Å². The molecule has 4 nitrogen and oxygen atoms in total. The van der Waals surface area contributed by atoms with Crippen LogP contribution in [0.3, 0.4) is 0 Å². The van der Waals surface area contributed by atoms with E-state index in [-0.39, 0.29) is 18.3 Å². The standard InChI is InChI=1S/C15H22N2O2S.ClH/c1-16-10-12-4-3-9-17(12)15(18)11-20-14-7-5-13(19-2)6-8-14;/h5-8,12,16H,3-4,9-11H2,1-2H3;1H. The molecule has 1 aliphatic rings. The number of rotatable bonds is 6. The second kappa shape index (κ2) is 9.18. The number of methoxy groups -OCH3 is 1. The summed E-state index contributed by atoms with van der Waals surface area (Å²) < 4.78 is 5.13. The Morgan fingerprint density at radius 2 is 2.14 bits per heavy atom. The lowest BCUT2D eigenvalue weighted by atomic mass is 10.2. The predicted molar refractivity (Wildman–Crippen MR) is 89.6 cm³/mol. The third-order valence-electron chi connectivity index (χ3n) is 3.56. The normalized spacial score (nSPS) is 17.4. The predicted octanol–water partition coefficient (Wildman–Crippen LogP) is 2.42. The van der Waals surface area contributed by atoms with Crippen LogP contribution in [0.4, 0.5) is 0 Å². The number of halogens is 1. The van der Waals surface area contributed by atoms with Gasteiger partial charge in [0.2, 0.25) is 5.91 Å². The van der Waals surface area contributed by atoms with Crippen molar-refractivity contribution >= 4 is 30.1 Å². The molecule has 1 unspecified atom stereocenters. The molecule has 118 valence electrons. The fraction of sp³-hybridized carbons (Fsp3) is 0.533. The zero-order valence-corrected chi connectivity index (χ0v) is 14.1. The molecule has 1 fully saturated rings. The van der Waals surface area contributed by atoms with E-state index >= 15 is 0 Å². The van der Waals surface area contributed by atoms with Crippen molar-refractivity contribution in [3.63, 3.8) is 0 Å². The van der Waals surface area contributed by atoms with E-state index < -0.39 is 0 Å². The van der Waals surface area contributed by atoms with Gasteiger partial charge in [0.05, 0.1) is 12.9 Å². The van der Waals surface area contributed by atoms with Crippen molar-refractivity contribution in [1.82, 2.24) is 10.2 Å². The van der Waals surface area contributed by atoms with Crippen LogP contribution < -0.4 is 10.1 Å². The number of nitrogens with zero attached hydrogens (tertiary/aromatic N) is 1. The Balaban J connectivity index is 0.00000220. The number of amides is 1. The molecule has 0 saturated carbocycles. The molecule has 1 saturated heterocycles. The minimum atomic E-state index is 0.